The van der Waals surface area contributed by atoms with E-state index in [0.717, 1.165) is 17.1 Å². The summed E-state index contributed by atoms with van der Waals surface area (Å²) in [6.45, 7) is 2.49. The lowest BCUT2D eigenvalue weighted by Gasteiger charge is -2.23. The third-order valence-corrected chi connectivity index (χ3v) is 3.63. The molecule has 1 N–H and O–H groups in total. The van der Waals surface area contributed by atoms with Crippen molar-refractivity contribution in [3.8, 4) is 11.5 Å². The fraction of sp³-hybridized carbons (Fsp3) is 0.333. The lowest BCUT2D eigenvalue weighted by Crippen LogP contribution is -3.08. The number of likely N-dealkylation sites (N-methyl/N-ethyl adjacent to an activating group) is 2. The van der Waals surface area contributed by atoms with Gasteiger partial charge in [-0.15, -0.1) is 0 Å². The van der Waals surface area contributed by atoms with Crippen molar-refractivity contribution in [2.75, 3.05) is 20.9 Å². The zero-order valence-electron chi connectivity index (χ0n) is 11.9. The van der Waals surface area contributed by atoms with Crippen LogP contribution < -0.4 is 38.4 Å². The molecule has 2 heterocycles. The maximum absolute atomic E-state index is 5.41. The number of hydrogen-bond acceptors (Lipinski definition) is 3. The predicted octanol–water partition coefficient (Wildman–Crippen LogP) is -1.92. The van der Waals surface area contributed by atoms with E-state index in [-0.39, 0.29) is 24.0 Å². The van der Waals surface area contributed by atoms with Crippen molar-refractivity contribution in [2.24, 2.45) is 0 Å². The van der Waals surface area contributed by atoms with Crippen LogP contribution in [0.2, 0.25) is 0 Å². The third kappa shape index (κ3) is 2.78. The molecule has 0 spiro atoms. The van der Waals surface area contributed by atoms with Crippen LogP contribution in [0.1, 0.15) is 12.5 Å². The van der Waals surface area contributed by atoms with Gasteiger partial charge in [-0.25, -0.2) is 0 Å². The first kappa shape index (κ1) is 15.2. The van der Waals surface area contributed by atoms with E-state index in [9.17, 15) is 0 Å². The Labute approximate surface area is 136 Å². The molecule has 1 aromatic rings. The zero-order valence-corrected chi connectivity index (χ0v) is 14.0. The quantitative estimate of drug-likeness (QED) is 0.601. The molecular weight excluding hydrogens is 367 g/mol. The van der Waals surface area contributed by atoms with Gasteiger partial charge in [0.25, 0.3) is 0 Å². The molecule has 108 valence electrons. The first-order valence-corrected chi connectivity index (χ1v) is 6.46. The summed E-state index contributed by atoms with van der Waals surface area (Å²) in [5, 5.41) is 0. The smallest absolute Gasteiger partial charge is 0.231 e. The molecule has 2 atom stereocenters. The number of quaternary nitrogens is 1. The second-order valence-corrected chi connectivity index (χ2v) is 5.13. The highest BCUT2D eigenvalue weighted by molar-refractivity contribution is 5.58. The molecule has 0 amide bonds. The highest BCUT2D eigenvalue weighted by atomic mass is 127. The standard InChI is InChI=1S/C15H18N2O2.HI/c1-11(15-16(2)6-7-17(15)3)8-12-4-5-13-14(9-12)19-10-18-13;/h4-9,15H,10H2,1-3H3;1H. The highest BCUT2D eigenvalue weighted by Gasteiger charge is 2.27. The van der Waals surface area contributed by atoms with Crippen LogP contribution in [0.25, 0.3) is 6.08 Å². The summed E-state index contributed by atoms with van der Waals surface area (Å²) in [5.41, 5.74) is 2.47. The summed E-state index contributed by atoms with van der Waals surface area (Å²) in [6.07, 6.45) is 6.86. The molecule has 0 saturated heterocycles. The Morgan fingerprint density at radius 3 is 2.80 bits per heavy atom. The largest absolute Gasteiger partial charge is 1.00 e. The molecular formula is C15H19IN2O2. The lowest BCUT2D eigenvalue weighted by molar-refractivity contribution is -0.849. The van der Waals surface area contributed by atoms with E-state index in [1.807, 2.05) is 12.1 Å². The van der Waals surface area contributed by atoms with E-state index < -0.39 is 0 Å². The Morgan fingerprint density at radius 1 is 1.35 bits per heavy atom. The van der Waals surface area contributed by atoms with Gasteiger partial charge in [-0.1, -0.05) is 6.07 Å². The van der Waals surface area contributed by atoms with Crippen LogP contribution in [0.15, 0.2) is 36.2 Å². The minimum Gasteiger partial charge on any atom is -1.00 e. The van der Waals surface area contributed by atoms with E-state index in [1.54, 1.807) is 0 Å². The molecule has 0 fully saturated rings. The molecule has 2 aliphatic rings. The summed E-state index contributed by atoms with van der Waals surface area (Å²) in [7, 11) is 4.27. The molecule has 3 rings (SSSR count). The van der Waals surface area contributed by atoms with E-state index in [0.29, 0.717) is 13.0 Å². The van der Waals surface area contributed by atoms with Crippen molar-refractivity contribution in [2.45, 2.75) is 13.1 Å². The van der Waals surface area contributed by atoms with Crippen LogP contribution in [0, 0.1) is 0 Å². The fourth-order valence-corrected chi connectivity index (χ4v) is 2.76. The summed E-state index contributed by atoms with van der Waals surface area (Å²) >= 11 is 0. The van der Waals surface area contributed by atoms with Crippen LogP contribution in [0.4, 0.5) is 0 Å². The number of hydrogen-bond donors (Lipinski definition) is 1. The number of halogens is 1. The Balaban J connectivity index is 0.00000147. The van der Waals surface area contributed by atoms with Crippen LogP contribution in [-0.2, 0) is 0 Å². The van der Waals surface area contributed by atoms with Crippen molar-refractivity contribution < 1.29 is 38.4 Å². The maximum Gasteiger partial charge on any atom is 0.231 e. The Kier molecular flexibility index (Phi) is 4.59. The average molecular weight is 386 g/mol. The van der Waals surface area contributed by atoms with Crippen LogP contribution in [0.5, 0.6) is 11.5 Å². The van der Waals surface area contributed by atoms with E-state index in [1.165, 1.54) is 10.5 Å². The van der Waals surface area contributed by atoms with Crippen molar-refractivity contribution in [3.05, 3.63) is 41.7 Å². The number of rotatable bonds is 2. The first-order valence-electron chi connectivity index (χ1n) is 6.46. The van der Waals surface area contributed by atoms with Gasteiger partial charge in [-0.05, 0) is 30.7 Å². The van der Waals surface area contributed by atoms with Crippen LogP contribution in [0.3, 0.4) is 0 Å². The molecule has 0 aromatic heterocycles. The van der Waals surface area contributed by atoms with Gasteiger partial charge in [0.1, 0.15) is 6.20 Å². The lowest BCUT2D eigenvalue weighted by atomic mass is 10.1. The number of nitrogens with zero attached hydrogens (tertiary/aromatic N) is 1. The number of benzene rings is 1. The summed E-state index contributed by atoms with van der Waals surface area (Å²) in [6, 6.07) is 6.06. The predicted molar refractivity (Wildman–Crippen MR) is 73.8 cm³/mol. The SMILES string of the molecule is CC(=Cc1ccc2c(c1)OCO2)C1N(C)C=C[NH+]1C.[I-]. The van der Waals surface area contributed by atoms with Crippen molar-refractivity contribution >= 4 is 6.08 Å². The Hall–Kier alpha value is -1.21. The molecule has 4 nitrogen and oxygen atoms in total. The molecule has 1 aromatic carbocycles. The maximum atomic E-state index is 5.41. The molecule has 2 aliphatic heterocycles. The summed E-state index contributed by atoms with van der Waals surface area (Å²) < 4.78 is 10.7. The van der Waals surface area contributed by atoms with Crippen molar-refractivity contribution in [1.29, 1.82) is 0 Å². The molecule has 0 radical (unpaired) electrons. The normalized spacial score (nSPS) is 23.9. The van der Waals surface area contributed by atoms with Crippen LogP contribution >= 0.6 is 0 Å². The van der Waals surface area contributed by atoms with Gasteiger partial charge in [-0.3, -0.25) is 4.90 Å². The van der Waals surface area contributed by atoms with Gasteiger partial charge < -0.3 is 38.4 Å². The molecule has 0 saturated carbocycles. The van der Waals surface area contributed by atoms with Gasteiger partial charge >= 0.3 is 0 Å². The Bertz CT molecular complexity index is 545. The zero-order chi connectivity index (χ0) is 13.4. The fourth-order valence-electron chi connectivity index (χ4n) is 2.76. The number of nitrogens with one attached hydrogen (secondary N) is 1. The molecule has 5 heteroatoms. The third-order valence-electron chi connectivity index (χ3n) is 3.63. The topological polar surface area (TPSA) is 26.1 Å². The minimum atomic E-state index is 0. The summed E-state index contributed by atoms with van der Waals surface area (Å²) in [4.78, 5) is 3.60. The highest BCUT2D eigenvalue weighted by Crippen LogP contribution is 2.33. The van der Waals surface area contributed by atoms with E-state index in [2.05, 4.69) is 50.5 Å². The van der Waals surface area contributed by atoms with Gasteiger partial charge in [0.15, 0.2) is 17.7 Å². The van der Waals surface area contributed by atoms with E-state index in [4.69, 9.17) is 9.47 Å². The summed E-state index contributed by atoms with van der Waals surface area (Å²) in [5.74, 6) is 1.66. The van der Waals surface area contributed by atoms with E-state index >= 15 is 0 Å². The van der Waals surface area contributed by atoms with Gasteiger partial charge in [0.05, 0.1) is 13.2 Å². The van der Waals surface area contributed by atoms with Crippen molar-refractivity contribution in [1.82, 2.24) is 4.90 Å². The van der Waals surface area contributed by atoms with Gasteiger partial charge in [0, 0.05) is 12.6 Å². The second kappa shape index (κ2) is 6.05. The second-order valence-electron chi connectivity index (χ2n) is 5.13. The number of fused-ring (bicyclic) bond motifs is 1. The molecule has 0 aliphatic carbocycles. The average Bonchev–Trinajstić information content (AvgIpc) is 2.95. The monoisotopic (exact) mass is 386 g/mol. The Morgan fingerprint density at radius 2 is 2.10 bits per heavy atom. The first-order chi connectivity index (χ1) is 9.15. The molecule has 2 unspecified atom stereocenters. The minimum absolute atomic E-state index is 0. The molecule has 20 heavy (non-hydrogen) atoms. The van der Waals surface area contributed by atoms with Crippen molar-refractivity contribution in [3.63, 3.8) is 0 Å². The number of ether oxygens (including phenoxy) is 2. The van der Waals surface area contributed by atoms with Gasteiger partial charge in [-0.2, -0.15) is 0 Å². The van der Waals surface area contributed by atoms with Gasteiger partial charge in [0.2, 0.25) is 6.79 Å². The van der Waals surface area contributed by atoms with Crippen LogP contribution in [-0.4, -0.2) is 32.0 Å². The molecule has 0 bridgehead atoms.